The molecule has 0 saturated carbocycles. The number of carbonyl (C=O) groups excluding carboxylic acids is 3. The molecule has 1 rings (SSSR count). The van der Waals surface area contributed by atoms with Crippen molar-refractivity contribution in [1.29, 1.82) is 0 Å². The average molecular weight is 337 g/mol. The Labute approximate surface area is 141 Å². The molecule has 0 aromatic carbocycles. The standard InChI is InChI=1S/C17H23NO6/c1-11-9-13(24-14(11)19)23-10-12(15(20)22-6)7-8-17(2,3)16(21)18(4)5/h7-10,13H,1-6H3/b8-7+,12-10+. The van der Waals surface area contributed by atoms with E-state index in [9.17, 15) is 14.4 Å². The number of hydrogen-bond donors (Lipinski definition) is 0. The molecule has 1 heterocycles. The second-order valence-corrected chi connectivity index (χ2v) is 6.08. The normalized spacial score (nSPS) is 18.2. The highest BCUT2D eigenvalue weighted by atomic mass is 16.7. The molecule has 0 saturated heterocycles. The maximum atomic E-state index is 12.1. The van der Waals surface area contributed by atoms with Crippen LogP contribution in [0.3, 0.4) is 0 Å². The van der Waals surface area contributed by atoms with E-state index in [0.717, 1.165) is 6.26 Å². The number of rotatable bonds is 6. The van der Waals surface area contributed by atoms with Gasteiger partial charge in [0.25, 0.3) is 6.29 Å². The summed E-state index contributed by atoms with van der Waals surface area (Å²) in [5, 5.41) is 0. The van der Waals surface area contributed by atoms with E-state index in [1.165, 1.54) is 24.2 Å². The summed E-state index contributed by atoms with van der Waals surface area (Å²) < 4.78 is 14.9. The maximum absolute atomic E-state index is 12.1. The Kier molecular flexibility index (Phi) is 6.34. The van der Waals surface area contributed by atoms with Gasteiger partial charge in [-0.05, 0) is 26.8 Å². The highest BCUT2D eigenvalue weighted by Gasteiger charge is 2.27. The summed E-state index contributed by atoms with van der Waals surface area (Å²) in [7, 11) is 4.54. The highest BCUT2D eigenvalue weighted by Crippen LogP contribution is 2.21. The first kappa shape index (κ1) is 19.5. The minimum absolute atomic E-state index is 0.0890. The molecular weight excluding hydrogens is 314 g/mol. The van der Waals surface area contributed by atoms with Gasteiger partial charge < -0.3 is 19.1 Å². The van der Waals surface area contributed by atoms with Gasteiger partial charge in [-0.1, -0.05) is 6.08 Å². The number of ether oxygens (including phenoxy) is 3. The van der Waals surface area contributed by atoms with E-state index in [0.29, 0.717) is 5.57 Å². The zero-order valence-electron chi connectivity index (χ0n) is 14.8. The molecule has 0 spiro atoms. The summed E-state index contributed by atoms with van der Waals surface area (Å²) in [6, 6.07) is 0. The third-order valence-electron chi connectivity index (χ3n) is 3.32. The minimum Gasteiger partial charge on any atom is -0.465 e. The van der Waals surface area contributed by atoms with E-state index in [2.05, 4.69) is 4.74 Å². The molecule has 0 aromatic rings. The fourth-order valence-corrected chi connectivity index (χ4v) is 1.93. The zero-order valence-corrected chi connectivity index (χ0v) is 14.8. The molecule has 1 aliphatic heterocycles. The van der Waals surface area contributed by atoms with Crippen LogP contribution >= 0.6 is 0 Å². The average Bonchev–Trinajstić information content (AvgIpc) is 2.84. The summed E-state index contributed by atoms with van der Waals surface area (Å²) >= 11 is 0. The Morgan fingerprint density at radius 3 is 2.42 bits per heavy atom. The highest BCUT2D eigenvalue weighted by molar-refractivity contribution is 5.92. The zero-order chi connectivity index (χ0) is 18.5. The SMILES string of the molecule is COC(=O)C(/C=C/C(C)(C)C(=O)N(C)C)=C/OC1C=C(C)C(=O)O1. The molecule has 0 fully saturated rings. The second-order valence-electron chi connectivity index (χ2n) is 6.08. The van der Waals surface area contributed by atoms with Crippen molar-refractivity contribution in [1.82, 2.24) is 4.90 Å². The van der Waals surface area contributed by atoms with Crippen LogP contribution in [0.4, 0.5) is 0 Å². The predicted octanol–water partition coefficient (Wildman–Crippen LogP) is 1.56. The third-order valence-corrected chi connectivity index (χ3v) is 3.32. The lowest BCUT2D eigenvalue weighted by Gasteiger charge is -2.23. The molecule has 0 bridgehead atoms. The Balaban J connectivity index is 2.92. The Hall–Kier alpha value is -2.57. The van der Waals surface area contributed by atoms with E-state index < -0.39 is 23.6 Å². The monoisotopic (exact) mass is 337 g/mol. The molecule has 0 aromatic heterocycles. The van der Waals surface area contributed by atoms with Crippen LogP contribution in [0.25, 0.3) is 0 Å². The van der Waals surface area contributed by atoms with Crippen LogP contribution in [0, 0.1) is 5.41 Å². The lowest BCUT2D eigenvalue weighted by atomic mass is 9.90. The molecular formula is C17H23NO6. The first-order chi connectivity index (χ1) is 11.1. The topological polar surface area (TPSA) is 82.1 Å². The van der Waals surface area contributed by atoms with Crippen LogP contribution in [-0.2, 0) is 28.6 Å². The van der Waals surface area contributed by atoms with E-state index in [4.69, 9.17) is 9.47 Å². The van der Waals surface area contributed by atoms with Crippen molar-refractivity contribution in [3.8, 4) is 0 Å². The van der Waals surface area contributed by atoms with Gasteiger partial charge in [-0.2, -0.15) is 0 Å². The summed E-state index contributed by atoms with van der Waals surface area (Å²) in [6.45, 7) is 5.06. The summed E-state index contributed by atoms with van der Waals surface area (Å²) in [5.74, 6) is -1.22. The van der Waals surface area contributed by atoms with Gasteiger partial charge >= 0.3 is 11.9 Å². The van der Waals surface area contributed by atoms with Crippen LogP contribution < -0.4 is 0 Å². The summed E-state index contributed by atoms with van der Waals surface area (Å²) in [5.41, 5.74) is -0.292. The molecule has 7 nitrogen and oxygen atoms in total. The van der Waals surface area contributed by atoms with Crippen molar-refractivity contribution < 1.29 is 28.6 Å². The molecule has 1 atom stereocenters. The fourth-order valence-electron chi connectivity index (χ4n) is 1.93. The molecule has 24 heavy (non-hydrogen) atoms. The molecule has 132 valence electrons. The first-order valence-electron chi connectivity index (χ1n) is 7.33. The Morgan fingerprint density at radius 2 is 1.96 bits per heavy atom. The minimum atomic E-state index is -0.887. The van der Waals surface area contributed by atoms with E-state index in [1.807, 2.05) is 0 Å². The molecule has 0 aliphatic carbocycles. The van der Waals surface area contributed by atoms with Crippen LogP contribution in [0.2, 0.25) is 0 Å². The van der Waals surface area contributed by atoms with Gasteiger partial charge in [0.05, 0.1) is 18.1 Å². The summed E-state index contributed by atoms with van der Waals surface area (Å²) in [4.78, 5) is 36.7. The van der Waals surface area contributed by atoms with Crippen molar-refractivity contribution in [3.05, 3.63) is 35.6 Å². The van der Waals surface area contributed by atoms with Crippen LogP contribution in [0.1, 0.15) is 20.8 Å². The van der Waals surface area contributed by atoms with Gasteiger partial charge in [0, 0.05) is 25.7 Å². The van der Waals surface area contributed by atoms with Gasteiger partial charge in [-0.25, -0.2) is 9.59 Å². The number of nitrogens with zero attached hydrogens (tertiary/aromatic N) is 1. The number of amides is 1. The van der Waals surface area contributed by atoms with E-state index >= 15 is 0 Å². The summed E-state index contributed by atoms with van der Waals surface area (Å²) in [6.07, 6.45) is 4.79. The van der Waals surface area contributed by atoms with Crippen LogP contribution in [0.15, 0.2) is 35.6 Å². The van der Waals surface area contributed by atoms with Crippen molar-refractivity contribution in [2.24, 2.45) is 5.41 Å². The van der Waals surface area contributed by atoms with Crippen LogP contribution in [-0.4, -0.2) is 50.2 Å². The lowest BCUT2D eigenvalue weighted by Crippen LogP contribution is -2.34. The second kappa shape index (κ2) is 7.81. The smallest absolute Gasteiger partial charge is 0.340 e. The van der Waals surface area contributed by atoms with Gasteiger partial charge in [0.15, 0.2) is 0 Å². The van der Waals surface area contributed by atoms with E-state index in [1.54, 1.807) is 40.9 Å². The lowest BCUT2D eigenvalue weighted by molar-refractivity contribution is -0.152. The first-order valence-corrected chi connectivity index (χ1v) is 7.33. The quantitative estimate of drug-likeness (QED) is 0.317. The van der Waals surface area contributed by atoms with E-state index in [-0.39, 0.29) is 11.5 Å². The largest absolute Gasteiger partial charge is 0.465 e. The van der Waals surface area contributed by atoms with Crippen molar-refractivity contribution in [2.45, 2.75) is 27.1 Å². The molecule has 1 aliphatic rings. The van der Waals surface area contributed by atoms with Gasteiger partial charge in [-0.15, -0.1) is 0 Å². The van der Waals surface area contributed by atoms with Crippen molar-refractivity contribution in [2.75, 3.05) is 21.2 Å². The molecule has 7 heteroatoms. The number of cyclic esters (lactones) is 1. The molecule has 0 N–H and O–H groups in total. The number of methoxy groups -OCH3 is 1. The molecule has 1 amide bonds. The van der Waals surface area contributed by atoms with Gasteiger partial charge in [0.2, 0.25) is 5.91 Å². The fraction of sp³-hybridized carbons (Fsp3) is 0.471. The van der Waals surface area contributed by atoms with Gasteiger partial charge in [-0.3, -0.25) is 4.79 Å². The Bertz CT molecular complexity index is 613. The maximum Gasteiger partial charge on any atom is 0.340 e. The van der Waals surface area contributed by atoms with Crippen molar-refractivity contribution >= 4 is 17.8 Å². The number of hydrogen-bond acceptors (Lipinski definition) is 6. The number of carbonyl (C=O) groups is 3. The predicted molar refractivity (Wildman–Crippen MR) is 86.4 cm³/mol. The van der Waals surface area contributed by atoms with Crippen LogP contribution in [0.5, 0.6) is 0 Å². The third kappa shape index (κ3) is 4.97. The van der Waals surface area contributed by atoms with Gasteiger partial charge in [0.1, 0.15) is 6.26 Å². The number of esters is 2. The van der Waals surface area contributed by atoms with Crippen molar-refractivity contribution in [3.63, 3.8) is 0 Å². The molecule has 0 radical (unpaired) electrons. The Morgan fingerprint density at radius 1 is 1.33 bits per heavy atom. The molecule has 1 unspecified atom stereocenters.